The highest BCUT2D eigenvalue weighted by atomic mass is 16.5. The molecule has 1 aliphatic heterocycles. The molecule has 25 heavy (non-hydrogen) atoms. The summed E-state index contributed by atoms with van der Waals surface area (Å²) in [5, 5.41) is 12.1. The summed E-state index contributed by atoms with van der Waals surface area (Å²) >= 11 is 0. The van der Waals surface area contributed by atoms with Crippen molar-refractivity contribution in [1.29, 1.82) is 0 Å². The summed E-state index contributed by atoms with van der Waals surface area (Å²) in [5.74, 6) is 0.0927. The van der Waals surface area contributed by atoms with Gasteiger partial charge in [0.1, 0.15) is 17.3 Å². The van der Waals surface area contributed by atoms with Crippen LogP contribution in [0.2, 0.25) is 0 Å². The van der Waals surface area contributed by atoms with Crippen LogP contribution in [0.5, 0.6) is 5.75 Å². The number of fused-ring (bicyclic) bond motifs is 1. The van der Waals surface area contributed by atoms with Crippen LogP contribution in [0, 0.1) is 0 Å². The first-order valence-corrected chi connectivity index (χ1v) is 8.24. The summed E-state index contributed by atoms with van der Waals surface area (Å²) in [6, 6.07) is 5.54. The van der Waals surface area contributed by atoms with Crippen LogP contribution in [0.25, 0.3) is 0 Å². The molecular formula is C18H17N3O4. The van der Waals surface area contributed by atoms with Gasteiger partial charge in [0.2, 0.25) is 0 Å². The number of carboxylic acids is 1. The van der Waals surface area contributed by atoms with Crippen molar-refractivity contribution in [2.45, 2.75) is 31.2 Å². The number of amides is 1. The highest BCUT2D eigenvalue weighted by molar-refractivity contribution is 5.95. The van der Waals surface area contributed by atoms with Crippen molar-refractivity contribution >= 4 is 11.9 Å². The number of hydrogen-bond acceptors (Lipinski definition) is 5. The Morgan fingerprint density at radius 2 is 2.12 bits per heavy atom. The Morgan fingerprint density at radius 1 is 1.28 bits per heavy atom. The second kappa shape index (κ2) is 6.16. The lowest BCUT2D eigenvalue weighted by Gasteiger charge is -2.15. The van der Waals surface area contributed by atoms with E-state index in [4.69, 9.17) is 4.74 Å². The average Bonchev–Trinajstić information content (AvgIpc) is 3.37. The molecule has 2 N–H and O–H groups in total. The number of ether oxygens (including phenoxy) is 1. The predicted molar refractivity (Wildman–Crippen MR) is 87.5 cm³/mol. The van der Waals surface area contributed by atoms with Crippen LogP contribution in [0.4, 0.5) is 0 Å². The maximum Gasteiger partial charge on any atom is 0.330 e. The Kier molecular flexibility index (Phi) is 3.83. The molecule has 1 atom stereocenters. The smallest absolute Gasteiger partial charge is 0.330 e. The fourth-order valence-corrected chi connectivity index (χ4v) is 2.92. The molecule has 2 heterocycles. The first kappa shape index (κ1) is 15.6. The van der Waals surface area contributed by atoms with Crippen molar-refractivity contribution in [3.63, 3.8) is 0 Å². The number of hydrogen-bond donors (Lipinski definition) is 2. The minimum absolute atomic E-state index is 0.188. The Morgan fingerprint density at radius 3 is 2.88 bits per heavy atom. The zero-order valence-corrected chi connectivity index (χ0v) is 13.4. The lowest BCUT2D eigenvalue weighted by atomic mass is 10.0. The van der Waals surface area contributed by atoms with E-state index in [2.05, 4.69) is 15.3 Å². The summed E-state index contributed by atoms with van der Waals surface area (Å²) in [7, 11) is 0. The van der Waals surface area contributed by atoms with E-state index in [-0.39, 0.29) is 5.69 Å². The monoisotopic (exact) mass is 339 g/mol. The molecule has 0 spiro atoms. The van der Waals surface area contributed by atoms with Crippen molar-refractivity contribution in [2.75, 3.05) is 6.61 Å². The first-order chi connectivity index (χ1) is 12.1. The quantitative estimate of drug-likeness (QED) is 0.862. The SMILES string of the molecule is O=C(NC(C(=O)O)c1ccc2c(c1)CCO2)c1ccnc(C2CC2)n1. The molecule has 1 saturated carbocycles. The Hall–Kier alpha value is -2.96. The molecule has 4 rings (SSSR count). The van der Waals surface area contributed by atoms with E-state index < -0.39 is 17.9 Å². The number of carbonyl (C=O) groups is 2. The second-order valence-electron chi connectivity index (χ2n) is 6.28. The van der Waals surface area contributed by atoms with Gasteiger partial charge in [0.05, 0.1) is 6.61 Å². The molecule has 128 valence electrons. The van der Waals surface area contributed by atoms with Crippen molar-refractivity contribution in [3.8, 4) is 5.75 Å². The van der Waals surface area contributed by atoms with Crippen molar-refractivity contribution in [1.82, 2.24) is 15.3 Å². The summed E-state index contributed by atoms with van der Waals surface area (Å²) in [6.45, 7) is 0.591. The molecule has 1 aromatic carbocycles. The highest BCUT2D eigenvalue weighted by Crippen LogP contribution is 2.37. The maximum atomic E-state index is 12.5. The number of nitrogens with one attached hydrogen (secondary N) is 1. The summed E-state index contributed by atoms with van der Waals surface area (Å²) in [6.07, 6.45) is 4.33. The minimum Gasteiger partial charge on any atom is -0.493 e. The predicted octanol–water partition coefficient (Wildman–Crippen LogP) is 1.84. The van der Waals surface area contributed by atoms with Gasteiger partial charge >= 0.3 is 5.97 Å². The molecule has 1 fully saturated rings. The van der Waals surface area contributed by atoms with Crippen molar-refractivity contribution in [3.05, 3.63) is 53.1 Å². The summed E-state index contributed by atoms with van der Waals surface area (Å²) in [4.78, 5) is 32.6. The van der Waals surface area contributed by atoms with E-state index in [0.29, 0.717) is 23.9 Å². The van der Waals surface area contributed by atoms with Crippen LogP contribution in [-0.2, 0) is 11.2 Å². The van der Waals surface area contributed by atoms with E-state index in [9.17, 15) is 14.7 Å². The van der Waals surface area contributed by atoms with Gasteiger partial charge in [-0.15, -0.1) is 0 Å². The van der Waals surface area contributed by atoms with E-state index in [0.717, 1.165) is 30.6 Å². The Balaban J connectivity index is 1.56. The minimum atomic E-state index is -1.14. The molecule has 2 aliphatic rings. The number of aromatic nitrogens is 2. The topological polar surface area (TPSA) is 101 Å². The maximum absolute atomic E-state index is 12.5. The number of carboxylic acid groups (broad SMARTS) is 1. The van der Waals surface area contributed by atoms with Gasteiger partial charge in [0, 0.05) is 18.5 Å². The third-order valence-electron chi connectivity index (χ3n) is 4.42. The zero-order valence-electron chi connectivity index (χ0n) is 13.4. The van der Waals surface area contributed by atoms with Gasteiger partial charge in [-0.25, -0.2) is 14.8 Å². The highest BCUT2D eigenvalue weighted by Gasteiger charge is 2.28. The lowest BCUT2D eigenvalue weighted by Crippen LogP contribution is -2.34. The standard InChI is InChI=1S/C18H17N3O4/c22-17(13-5-7-19-16(20-13)10-1-2-10)21-15(18(23)24)12-3-4-14-11(9-12)6-8-25-14/h3-5,7,9-10,15H,1-2,6,8H2,(H,21,22)(H,23,24). The van der Waals surface area contributed by atoms with Gasteiger partial charge in [-0.3, -0.25) is 4.79 Å². The van der Waals surface area contributed by atoms with E-state index in [1.807, 2.05) is 0 Å². The number of carbonyl (C=O) groups excluding carboxylic acids is 1. The lowest BCUT2D eigenvalue weighted by molar-refractivity contribution is -0.139. The molecule has 1 amide bonds. The van der Waals surface area contributed by atoms with Crippen molar-refractivity contribution in [2.24, 2.45) is 0 Å². The van der Waals surface area contributed by atoms with E-state index in [1.165, 1.54) is 12.3 Å². The van der Waals surface area contributed by atoms with Gasteiger partial charge in [0.25, 0.3) is 5.91 Å². The van der Waals surface area contributed by atoms with Crippen LogP contribution in [0.3, 0.4) is 0 Å². The molecule has 0 bridgehead atoms. The fraction of sp³-hybridized carbons (Fsp3) is 0.333. The van der Waals surface area contributed by atoms with E-state index >= 15 is 0 Å². The van der Waals surface area contributed by atoms with Gasteiger partial charge in [0.15, 0.2) is 6.04 Å². The first-order valence-electron chi connectivity index (χ1n) is 8.24. The number of rotatable bonds is 5. The molecule has 1 aromatic heterocycles. The van der Waals surface area contributed by atoms with Gasteiger partial charge in [-0.1, -0.05) is 6.07 Å². The van der Waals surface area contributed by atoms with Crippen LogP contribution >= 0.6 is 0 Å². The molecule has 2 aromatic rings. The van der Waals surface area contributed by atoms with Gasteiger partial charge in [-0.05, 0) is 42.2 Å². The van der Waals surface area contributed by atoms with Crippen molar-refractivity contribution < 1.29 is 19.4 Å². The fourth-order valence-electron chi connectivity index (χ4n) is 2.92. The normalized spacial score (nSPS) is 16.6. The van der Waals surface area contributed by atoms with Crippen LogP contribution in [0.15, 0.2) is 30.5 Å². The van der Waals surface area contributed by atoms with Crippen LogP contribution in [-0.4, -0.2) is 33.6 Å². The van der Waals surface area contributed by atoms with Crippen LogP contribution < -0.4 is 10.1 Å². The molecule has 1 aliphatic carbocycles. The third-order valence-corrected chi connectivity index (χ3v) is 4.42. The average molecular weight is 339 g/mol. The molecule has 1 unspecified atom stereocenters. The van der Waals surface area contributed by atoms with Gasteiger partial charge in [-0.2, -0.15) is 0 Å². The number of aliphatic carboxylic acids is 1. The Bertz CT molecular complexity index is 848. The summed E-state index contributed by atoms with van der Waals surface area (Å²) in [5.41, 5.74) is 1.66. The largest absolute Gasteiger partial charge is 0.493 e. The molecule has 0 radical (unpaired) electrons. The second-order valence-corrected chi connectivity index (χ2v) is 6.28. The molecular weight excluding hydrogens is 322 g/mol. The molecule has 7 heteroatoms. The summed E-state index contributed by atoms with van der Waals surface area (Å²) < 4.78 is 5.43. The molecule has 7 nitrogen and oxygen atoms in total. The molecule has 0 saturated heterocycles. The van der Waals surface area contributed by atoms with Gasteiger partial charge < -0.3 is 15.2 Å². The third kappa shape index (κ3) is 3.17. The van der Waals surface area contributed by atoms with E-state index in [1.54, 1.807) is 18.2 Å². The number of benzene rings is 1. The Labute approximate surface area is 144 Å². The van der Waals surface area contributed by atoms with Crippen LogP contribution in [0.1, 0.15) is 52.2 Å². The zero-order chi connectivity index (χ0) is 17.4. The number of nitrogens with zero attached hydrogens (tertiary/aromatic N) is 2.